The molecular formula is C23H29N3O3S. The molecule has 0 spiro atoms. The minimum absolute atomic E-state index is 0.0738. The van der Waals surface area contributed by atoms with E-state index in [2.05, 4.69) is 4.98 Å². The van der Waals surface area contributed by atoms with Crippen LogP contribution in [0.4, 0.5) is 0 Å². The van der Waals surface area contributed by atoms with Gasteiger partial charge in [0.15, 0.2) is 0 Å². The lowest BCUT2D eigenvalue weighted by Gasteiger charge is -2.32. The van der Waals surface area contributed by atoms with E-state index in [0.29, 0.717) is 37.4 Å². The highest BCUT2D eigenvalue weighted by Gasteiger charge is 2.33. The Morgan fingerprint density at radius 3 is 2.57 bits per heavy atom. The van der Waals surface area contributed by atoms with Crippen LogP contribution in [0.1, 0.15) is 42.4 Å². The maximum Gasteiger partial charge on any atom is 0.243 e. The molecule has 0 saturated carbocycles. The van der Waals surface area contributed by atoms with Gasteiger partial charge in [0.05, 0.1) is 4.90 Å². The van der Waals surface area contributed by atoms with Crippen LogP contribution in [0.25, 0.3) is 0 Å². The Hall–Kier alpha value is -2.25. The highest BCUT2D eigenvalue weighted by Crippen LogP contribution is 2.28. The fraction of sp³-hybridized carbons (Fsp3) is 0.478. The molecule has 0 bridgehead atoms. The van der Waals surface area contributed by atoms with Crippen LogP contribution >= 0.6 is 0 Å². The molecule has 1 aliphatic carbocycles. The van der Waals surface area contributed by atoms with Crippen molar-refractivity contribution in [3.8, 4) is 0 Å². The second-order valence-electron chi connectivity index (χ2n) is 8.37. The normalized spacial score (nSPS) is 18.0. The summed E-state index contributed by atoms with van der Waals surface area (Å²) in [6, 6.07) is 9.40. The summed E-state index contributed by atoms with van der Waals surface area (Å²) in [5.41, 5.74) is 3.44. The fourth-order valence-corrected chi connectivity index (χ4v) is 6.04. The van der Waals surface area contributed by atoms with Crippen molar-refractivity contribution < 1.29 is 13.2 Å². The Bertz CT molecular complexity index is 1000. The lowest BCUT2D eigenvalue weighted by atomic mass is 9.92. The Balaban J connectivity index is 1.38. The first-order valence-corrected chi connectivity index (χ1v) is 12.1. The molecular weight excluding hydrogens is 398 g/mol. The highest BCUT2D eigenvalue weighted by atomic mass is 32.2. The molecule has 2 aromatic rings. The Kier molecular flexibility index (Phi) is 6.20. The molecule has 1 aromatic heterocycles. The van der Waals surface area contributed by atoms with E-state index < -0.39 is 10.0 Å². The van der Waals surface area contributed by atoms with E-state index in [1.165, 1.54) is 17.5 Å². The van der Waals surface area contributed by atoms with Crippen LogP contribution in [0.15, 0.2) is 47.6 Å². The summed E-state index contributed by atoms with van der Waals surface area (Å²) in [4.78, 5) is 19.0. The number of fused-ring (bicyclic) bond motifs is 1. The zero-order chi connectivity index (χ0) is 21.1. The summed E-state index contributed by atoms with van der Waals surface area (Å²) in [5.74, 6) is -0.0636. The topological polar surface area (TPSA) is 70.6 Å². The van der Waals surface area contributed by atoms with E-state index in [1.54, 1.807) is 34.7 Å². The van der Waals surface area contributed by atoms with Gasteiger partial charge in [-0.3, -0.25) is 9.78 Å². The number of sulfonamides is 1. The van der Waals surface area contributed by atoms with Gasteiger partial charge in [0.25, 0.3) is 0 Å². The second-order valence-corrected chi connectivity index (χ2v) is 10.3. The number of carbonyl (C=O) groups is 1. The molecule has 1 saturated heterocycles. The van der Waals surface area contributed by atoms with E-state index in [4.69, 9.17) is 0 Å². The Labute approximate surface area is 179 Å². The van der Waals surface area contributed by atoms with Gasteiger partial charge in [-0.15, -0.1) is 0 Å². The maximum atomic E-state index is 13.1. The number of carbonyl (C=O) groups excluding carboxylic acids is 1. The molecule has 1 amide bonds. The van der Waals surface area contributed by atoms with Gasteiger partial charge >= 0.3 is 0 Å². The SMILES string of the molecule is CN(Cc1cccnc1)C(=O)C1CCN(S(=O)(=O)c2ccc3c(c2)CCCC3)CC1. The zero-order valence-corrected chi connectivity index (χ0v) is 18.3. The van der Waals surface area contributed by atoms with Gasteiger partial charge in [0, 0.05) is 45.0 Å². The monoisotopic (exact) mass is 427 g/mol. The number of benzene rings is 1. The minimum Gasteiger partial charge on any atom is -0.341 e. The number of amides is 1. The first-order valence-electron chi connectivity index (χ1n) is 10.7. The van der Waals surface area contributed by atoms with Crippen LogP contribution < -0.4 is 0 Å². The van der Waals surface area contributed by atoms with Crippen molar-refractivity contribution in [2.75, 3.05) is 20.1 Å². The van der Waals surface area contributed by atoms with Gasteiger partial charge in [-0.2, -0.15) is 4.31 Å². The molecule has 0 radical (unpaired) electrons. The molecule has 1 aliphatic heterocycles. The Morgan fingerprint density at radius 1 is 1.13 bits per heavy atom. The van der Waals surface area contributed by atoms with Gasteiger partial charge in [-0.05, 0) is 73.4 Å². The molecule has 4 rings (SSSR count). The average Bonchev–Trinajstić information content (AvgIpc) is 2.79. The van der Waals surface area contributed by atoms with Crippen LogP contribution in [0, 0.1) is 5.92 Å². The summed E-state index contributed by atoms with van der Waals surface area (Å²) < 4.78 is 27.8. The first kappa shape index (κ1) is 21.0. The third kappa shape index (κ3) is 4.42. The van der Waals surface area contributed by atoms with Crippen molar-refractivity contribution in [1.82, 2.24) is 14.2 Å². The lowest BCUT2D eigenvalue weighted by Crippen LogP contribution is -2.43. The lowest BCUT2D eigenvalue weighted by molar-refractivity contribution is -0.135. The predicted octanol–water partition coefficient (Wildman–Crippen LogP) is 3.02. The average molecular weight is 428 g/mol. The van der Waals surface area contributed by atoms with Crippen molar-refractivity contribution in [2.24, 2.45) is 5.92 Å². The zero-order valence-electron chi connectivity index (χ0n) is 17.5. The summed E-state index contributed by atoms with van der Waals surface area (Å²) >= 11 is 0. The van der Waals surface area contributed by atoms with Crippen molar-refractivity contribution in [1.29, 1.82) is 0 Å². The minimum atomic E-state index is -3.51. The molecule has 1 aromatic carbocycles. The molecule has 0 atom stereocenters. The molecule has 7 heteroatoms. The molecule has 1 fully saturated rings. The van der Waals surface area contributed by atoms with Crippen molar-refractivity contribution in [2.45, 2.75) is 50.0 Å². The number of pyridine rings is 1. The molecule has 2 heterocycles. The third-order valence-electron chi connectivity index (χ3n) is 6.28. The number of piperidine rings is 1. The number of aromatic nitrogens is 1. The number of nitrogens with zero attached hydrogens (tertiary/aromatic N) is 3. The summed E-state index contributed by atoms with van der Waals surface area (Å²) in [7, 11) is -1.72. The summed E-state index contributed by atoms with van der Waals surface area (Å²) in [6.07, 6.45) is 8.88. The largest absolute Gasteiger partial charge is 0.341 e. The second kappa shape index (κ2) is 8.86. The number of rotatable bonds is 5. The van der Waals surface area contributed by atoms with E-state index in [1.807, 2.05) is 24.3 Å². The quantitative estimate of drug-likeness (QED) is 0.735. The van der Waals surface area contributed by atoms with Crippen LogP contribution in [0.2, 0.25) is 0 Å². The smallest absolute Gasteiger partial charge is 0.243 e. The van der Waals surface area contributed by atoms with Crippen LogP contribution in [-0.4, -0.2) is 48.7 Å². The van der Waals surface area contributed by atoms with Crippen molar-refractivity contribution in [3.63, 3.8) is 0 Å². The van der Waals surface area contributed by atoms with Gasteiger partial charge in [-0.25, -0.2) is 8.42 Å². The standard InChI is InChI=1S/C23H29N3O3S/c1-25(17-18-5-4-12-24-16-18)23(27)20-10-13-26(14-11-20)30(28,29)22-9-8-19-6-2-3-7-21(19)15-22/h4-5,8-9,12,15-16,20H,2-3,6-7,10-11,13-14,17H2,1H3. The Morgan fingerprint density at radius 2 is 1.87 bits per heavy atom. The van der Waals surface area contributed by atoms with Crippen LogP contribution in [0.3, 0.4) is 0 Å². The van der Waals surface area contributed by atoms with E-state index >= 15 is 0 Å². The molecule has 0 unspecified atom stereocenters. The third-order valence-corrected chi connectivity index (χ3v) is 8.17. The van der Waals surface area contributed by atoms with Crippen LogP contribution in [-0.2, 0) is 34.2 Å². The first-order chi connectivity index (χ1) is 14.4. The predicted molar refractivity (Wildman–Crippen MR) is 115 cm³/mol. The van der Waals surface area contributed by atoms with E-state index in [0.717, 1.165) is 24.8 Å². The molecule has 160 valence electrons. The molecule has 6 nitrogen and oxygen atoms in total. The van der Waals surface area contributed by atoms with E-state index in [9.17, 15) is 13.2 Å². The maximum absolute atomic E-state index is 13.1. The number of aryl methyl sites for hydroxylation is 2. The van der Waals surface area contributed by atoms with Crippen molar-refractivity contribution >= 4 is 15.9 Å². The van der Waals surface area contributed by atoms with Crippen molar-refractivity contribution in [3.05, 3.63) is 59.4 Å². The molecule has 2 aliphatic rings. The van der Waals surface area contributed by atoms with Gasteiger partial charge in [0.1, 0.15) is 0 Å². The summed E-state index contributed by atoms with van der Waals surface area (Å²) in [6.45, 7) is 1.29. The fourth-order valence-electron chi connectivity index (χ4n) is 4.52. The highest BCUT2D eigenvalue weighted by molar-refractivity contribution is 7.89. The van der Waals surface area contributed by atoms with Gasteiger partial charge in [-0.1, -0.05) is 12.1 Å². The molecule has 0 N–H and O–H groups in total. The van der Waals surface area contributed by atoms with Gasteiger partial charge in [0.2, 0.25) is 15.9 Å². The van der Waals surface area contributed by atoms with E-state index in [-0.39, 0.29) is 11.8 Å². The molecule has 30 heavy (non-hydrogen) atoms. The number of hydrogen-bond donors (Lipinski definition) is 0. The number of hydrogen-bond acceptors (Lipinski definition) is 4. The van der Waals surface area contributed by atoms with Crippen LogP contribution in [0.5, 0.6) is 0 Å². The van der Waals surface area contributed by atoms with Gasteiger partial charge < -0.3 is 4.90 Å². The summed E-state index contributed by atoms with van der Waals surface area (Å²) in [5, 5.41) is 0.